The van der Waals surface area contributed by atoms with Gasteiger partial charge in [-0.25, -0.2) is 4.98 Å². The summed E-state index contributed by atoms with van der Waals surface area (Å²) in [4.78, 5) is 33.2. The van der Waals surface area contributed by atoms with E-state index in [1.807, 2.05) is 75.8 Å². The van der Waals surface area contributed by atoms with Crippen molar-refractivity contribution in [3.8, 4) is 0 Å². The van der Waals surface area contributed by atoms with Crippen molar-refractivity contribution in [2.45, 2.75) is 39.2 Å². The van der Waals surface area contributed by atoms with Gasteiger partial charge in [0.15, 0.2) is 5.82 Å². The molecule has 4 rings (SSSR count). The van der Waals surface area contributed by atoms with E-state index in [4.69, 9.17) is 4.98 Å². The Morgan fingerprint density at radius 3 is 2.74 bits per heavy atom. The Balaban J connectivity index is 1.51. The van der Waals surface area contributed by atoms with Crippen molar-refractivity contribution in [1.29, 1.82) is 0 Å². The molecule has 1 amide bonds. The van der Waals surface area contributed by atoms with E-state index in [0.29, 0.717) is 25.5 Å². The number of anilines is 1. The van der Waals surface area contributed by atoms with Crippen molar-refractivity contribution in [1.82, 2.24) is 14.9 Å². The highest BCUT2D eigenvalue weighted by atomic mass is 32.2. The standard InChI is InChI=1S/C27H34N4O2S/c1-2-17-34-18-9-15-28-26(32)22-12-8-16-30(20-22)25-27(33)31(19-21-10-4-3-5-11-21)24-14-7-6-13-23(24)29-25/h3-7,10-11,13-14,22H,2,8-9,12,15-20H2,1H3,(H,28,32)/t22-/m0/s1. The van der Waals surface area contributed by atoms with Gasteiger partial charge in [-0.05, 0) is 54.9 Å². The van der Waals surface area contributed by atoms with Gasteiger partial charge in [-0.1, -0.05) is 49.4 Å². The molecule has 1 fully saturated rings. The molecule has 3 aromatic rings. The maximum absolute atomic E-state index is 13.6. The Labute approximate surface area is 205 Å². The lowest BCUT2D eigenvalue weighted by atomic mass is 9.97. The number of nitrogens with one attached hydrogen (secondary N) is 1. The number of carbonyl (C=O) groups excluding carboxylic acids is 1. The largest absolute Gasteiger partial charge is 0.356 e. The second-order valence-electron chi connectivity index (χ2n) is 8.84. The van der Waals surface area contributed by atoms with Gasteiger partial charge in [-0.2, -0.15) is 11.8 Å². The van der Waals surface area contributed by atoms with Crippen molar-refractivity contribution in [2.75, 3.05) is 36.0 Å². The lowest BCUT2D eigenvalue weighted by Crippen LogP contribution is -2.45. The molecule has 0 spiro atoms. The average molecular weight is 479 g/mol. The average Bonchev–Trinajstić information content (AvgIpc) is 2.88. The number of amides is 1. The number of aromatic nitrogens is 2. The molecule has 7 heteroatoms. The molecule has 0 aliphatic carbocycles. The van der Waals surface area contributed by atoms with Gasteiger partial charge in [-0.3, -0.25) is 14.2 Å². The molecule has 1 aliphatic rings. The van der Waals surface area contributed by atoms with Crippen LogP contribution in [0.5, 0.6) is 0 Å². The number of thioether (sulfide) groups is 1. The molecule has 1 saturated heterocycles. The van der Waals surface area contributed by atoms with Gasteiger partial charge >= 0.3 is 0 Å². The second-order valence-corrected chi connectivity index (χ2v) is 10.1. The minimum atomic E-state index is -0.118. The van der Waals surface area contributed by atoms with Crippen LogP contribution < -0.4 is 15.8 Å². The molecule has 0 bridgehead atoms. The highest BCUT2D eigenvalue weighted by Gasteiger charge is 2.28. The Morgan fingerprint density at radius 2 is 1.91 bits per heavy atom. The van der Waals surface area contributed by atoms with E-state index in [2.05, 4.69) is 12.2 Å². The quantitative estimate of drug-likeness (QED) is 0.440. The first-order valence-electron chi connectivity index (χ1n) is 12.3. The molecule has 0 saturated carbocycles. The number of hydrogen-bond donors (Lipinski definition) is 1. The third kappa shape index (κ3) is 6.00. The first-order valence-corrected chi connectivity index (χ1v) is 13.5. The van der Waals surface area contributed by atoms with Crippen molar-refractivity contribution < 1.29 is 4.79 Å². The van der Waals surface area contributed by atoms with E-state index in [-0.39, 0.29) is 17.4 Å². The molecule has 1 aromatic heterocycles. The zero-order valence-corrected chi connectivity index (χ0v) is 20.7. The van der Waals surface area contributed by atoms with E-state index in [9.17, 15) is 9.59 Å². The summed E-state index contributed by atoms with van der Waals surface area (Å²) in [6.45, 7) is 4.66. The summed E-state index contributed by atoms with van der Waals surface area (Å²) in [5.74, 6) is 2.67. The van der Waals surface area contributed by atoms with Gasteiger partial charge in [0.1, 0.15) is 0 Å². The number of fused-ring (bicyclic) bond motifs is 1. The van der Waals surface area contributed by atoms with E-state index in [1.54, 1.807) is 0 Å². The minimum absolute atomic E-state index is 0.0931. The monoisotopic (exact) mass is 478 g/mol. The predicted molar refractivity (Wildman–Crippen MR) is 142 cm³/mol. The zero-order valence-electron chi connectivity index (χ0n) is 19.9. The van der Waals surface area contributed by atoms with Crippen molar-refractivity contribution in [3.63, 3.8) is 0 Å². The Morgan fingerprint density at radius 1 is 1.12 bits per heavy atom. The van der Waals surface area contributed by atoms with Crippen LogP contribution >= 0.6 is 11.8 Å². The van der Waals surface area contributed by atoms with E-state index >= 15 is 0 Å². The number of piperidine rings is 1. The van der Waals surface area contributed by atoms with Crippen LogP contribution in [-0.2, 0) is 11.3 Å². The molecule has 0 radical (unpaired) electrons. The number of carbonyl (C=O) groups is 1. The van der Waals surface area contributed by atoms with Gasteiger partial charge in [0.2, 0.25) is 5.91 Å². The SMILES string of the molecule is CCCSCCCNC(=O)[C@H]1CCCN(c2nc3ccccc3n(Cc3ccccc3)c2=O)C1. The number of benzene rings is 2. The van der Waals surface area contributed by atoms with Crippen LogP contribution in [-0.4, -0.2) is 46.6 Å². The summed E-state index contributed by atoms with van der Waals surface area (Å²) in [5, 5.41) is 3.11. The number of rotatable bonds is 10. The summed E-state index contributed by atoms with van der Waals surface area (Å²) < 4.78 is 1.81. The van der Waals surface area contributed by atoms with Crippen LogP contribution in [0.4, 0.5) is 5.82 Å². The van der Waals surface area contributed by atoms with Gasteiger partial charge in [0.25, 0.3) is 5.56 Å². The van der Waals surface area contributed by atoms with Crippen LogP contribution in [0.3, 0.4) is 0 Å². The van der Waals surface area contributed by atoms with E-state index in [0.717, 1.165) is 48.2 Å². The van der Waals surface area contributed by atoms with Crippen LogP contribution in [0.1, 0.15) is 38.2 Å². The maximum atomic E-state index is 13.6. The molecular weight excluding hydrogens is 444 g/mol. The van der Waals surface area contributed by atoms with Crippen LogP contribution in [0.2, 0.25) is 0 Å². The fraction of sp³-hybridized carbons (Fsp3) is 0.444. The minimum Gasteiger partial charge on any atom is -0.356 e. The summed E-state index contributed by atoms with van der Waals surface area (Å²) in [5.41, 5.74) is 2.59. The molecule has 1 N–H and O–H groups in total. The van der Waals surface area contributed by atoms with E-state index < -0.39 is 0 Å². The summed E-state index contributed by atoms with van der Waals surface area (Å²) in [6, 6.07) is 17.8. The first-order chi connectivity index (χ1) is 16.7. The zero-order chi connectivity index (χ0) is 23.8. The normalized spacial score (nSPS) is 16.0. The Kier molecular flexibility index (Phi) is 8.63. The highest BCUT2D eigenvalue weighted by Crippen LogP contribution is 2.22. The van der Waals surface area contributed by atoms with Crippen molar-refractivity contribution in [2.24, 2.45) is 5.92 Å². The second kappa shape index (κ2) is 12.1. The maximum Gasteiger partial charge on any atom is 0.294 e. The molecule has 0 unspecified atom stereocenters. The first kappa shape index (κ1) is 24.3. The van der Waals surface area contributed by atoms with E-state index in [1.165, 1.54) is 12.2 Å². The number of hydrogen-bond acceptors (Lipinski definition) is 5. The predicted octanol–water partition coefficient (Wildman–Crippen LogP) is 4.31. The number of para-hydroxylation sites is 2. The Hall–Kier alpha value is -2.80. The topological polar surface area (TPSA) is 67.2 Å². The smallest absolute Gasteiger partial charge is 0.294 e. The van der Waals surface area contributed by atoms with Crippen LogP contribution in [0.15, 0.2) is 59.4 Å². The molecule has 34 heavy (non-hydrogen) atoms. The summed E-state index contributed by atoms with van der Waals surface area (Å²) in [7, 11) is 0. The molecule has 2 heterocycles. The molecule has 1 atom stereocenters. The highest BCUT2D eigenvalue weighted by molar-refractivity contribution is 7.99. The van der Waals surface area contributed by atoms with Gasteiger partial charge in [0, 0.05) is 19.6 Å². The van der Waals surface area contributed by atoms with Crippen molar-refractivity contribution >= 4 is 34.5 Å². The van der Waals surface area contributed by atoms with Crippen molar-refractivity contribution in [3.05, 3.63) is 70.5 Å². The fourth-order valence-electron chi connectivity index (χ4n) is 4.47. The van der Waals surface area contributed by atoms with Crippen LogP contribution in [0, 0.1) is 5.92 Å². The molecule has 1 aliphatic heterocycles. The molecule has 6 nitrogen and oxygen atoms in total. The molecular formula is C27H34N4O2S. The summed E-state index contributed by atoms with van der Waals surface area (Å²) >= 11 is 1.94. The lowest BCUT2D eigenvalue weighted by Gasteiger charge is -2.32. The number of nitrogens with zero attached hydrogens (tertiary/aromatic N) is 3. The van der Waals surface area contributed by atoms with Gasteiger partial charge in [0.05, 0.1) is 23.5 Å². The van der Waals surface area contributed by atoms with Gasteiger partial charge < -0.3 is 10.2 Å². The van der Waals surface area contributed by atoms with Crippen LogP contribution in [0.25, 0.3) is 11.0 Å². The molecule has 2 aromatic carbocycles. The third-order valence-electron chi connectivity index (χ3n) is 6.22. The lowest BCUT2D eigenvalue weighted by molar-refractivity contribution is -0.125. The molecule has 180 valence electrons. The Bertz CT molecular complexity index is 1150. The van der Waals surface area contributed by atoms with Gasteiger partial charge in [-0.15, -0.1) is 0 Å². The third-order valence-corrected chi connectivity index (χ3v) is 7.50. The fourth-order valence-corrected chi connectivity index (χ4v) is 5.31. The summed E-state index contributed by atoms with van der Waals surface area (Å²) in [6.07, 6.45) is 3.89.